The van der Waals surface area contributed by atoms with Crippen LogP contribution in [0.2, 0.25) is 0 Å². The van der Waals surface area contributed by atoms with E-state index in [0.29, 0.717) is 0 Å². The van der Waals surface area contributed by atoms with Gasteiger partial charge in [-0.05, 0) is 24.7 Å². The average molecular weight is 197 g/mol. The Morgan fingerprint density at radius 2 is 1.57 bits per heavy atom. The minimum Gasteiger partial charge on any atom is -0.0654 e. The highest BCUT2D eigenvalue weighted by Gasteiger charge is 2.09. The van der Waals surface area contributed by atoms with Crippen LogP contribution in [0.1, 0.15) is 72.6 Å². The van der Waals surface area contributed by atoms with Gasteiger partial charge in [0, 0.05) is 0 Å². The van der Waals surface area contributed by atoms with Gasteiger partial charge < -0.3 is 0 Å². The Bertz CT molecular complexity index is 103. The zero-order valence-corrected chi connectivity index (χ0v) is 10.7. The summed E-state index contributed by atoms with van der Waals surface area (Å²) < 4.78 is 0. The van der Waals surface area contributed by atoms with Crippen LogP contribution in [0, 0.1) is 18.3 Å². The average Bonchev–Trinajstić information content (AvgIpc) is 2.23. The van der Waals surface area contributed by atoms with Crippen molar-refractivity contribution in [2.45, 2.75) is 72.6 Å². The first-order valence-corrected chi connectivity index (χ1v) is 6.61. The van der Waals surface area contributed by atoms with Gasteiger partial charge in [0.05, 0.1) is 0 Å². The SMILES string of the molecule is CCCCC([CH]CC(CC)CC)CC. The maximum atomic E-state index is 2.59. The van der Waals surface area contributed by atoms with E-state index in [0.717, 1.165) is 11.8 Å². The Morgan fingerprint density at radius 3 is 2.00 bits per heavy atom. The van der Waals surface area contributed by atoms with Crippen LogP contribution < -0.4 is 0 Å². The van der Waals surface area contributed by atoms with Crippen LogP contribution in [0.25, 0.3) is 0 Å². The summed E-state index contributed by atoms with van der Waals surface area (Å²) in [5.41, 5.74) is 0. The van der Waals surface area contributed by atoms with E-state index < -0.39 is 0 Å². The van der Waals surface area contributed by atoms with Crippen molar-refractivity contribution in [3.8, 4) is 0 Å². The van der Waals surface area contributed by atoms with Crippen molar-refractivity contribution in [3.05, 3.63) is 6.42 Å². The maximum Gasteiger partial charge on any atom is -0.0352 e. The van der Waals surface area contributed by atoms with Gasteiger partial charge in [0.25, 0.3) is 0 Å². The van der Waals surface area contributed by atoms with E-state index in [1.165, 1.54) is 44.9 Å². The maximum absolute atomic E-state index is 2.59. The molecule has 0 rings (SSSR count). The molecule has 0 nitrogen and oxygen atoms in total. The van der Waals surface area contributed by atoms with Crippen LogP contribution in [0.15, 0.2) is 0 Å². The number of hydrogen-bond acceptors (Lipinski definition) is 0. The summed E-state index contributed by atoms with van der Waals surface area (Å²) in [5.74, 6) is 1.82. The lowest BCUT2D eigenvalue weighted by atomic mass is 9.88. The molecule has 0 bridgehead atoms. The zero-order chi connectivity index (χ0) is 10.8. The predicted octanol–water partition coefficient (Wildman–Crippen LogP) is 5.23. The second kappa shape index (κ2) is 9.55. The molecule has 14 heavy (non-hydrogen) atoms. The van der Waals surface area contributed by atoms with Gasteiger partial charge in [-0.15, -0.1) is 0 Å². The molecule has 0 saturated carbocycles. The largest absolute Gasteiger partial charge is 0.0654 e. The van der Waals surface area contributed by atoms with Gasteiger partial charge >= 0.3 is 0 Å². The van der Waals surface area contributed by atoms with E-state index in [-0.39, 0.29) is 0 Å². The lowest BCUT2D eigenvalue weighted by molar-refractivity contribution is 0.425. The van der Waals surface area contributed by atoms with Gasteiger partial charge in [0.15, 0.2) is 0 Å². The van der Waals surface area contributed by atoms with Gasteiger partial charge in [-0.3, -0.25) is 0 Å². The van der Waals surface area contributed by atoms with E-state index >= 15 is 0 Å². The highest BCUT2D eigenvalue weighted by atomic mass is 14.1. The molecule has 0 heteroatoms. The molecule has 0 spiro atoms. The molecular weight excluding hydrogens is 168 g/mol. The third kappa shape index (κ3) is 6.45. The fraction of sp³-hybridized carbons (Fsp3) is 0.929. The van der Waals surface area contributed by atoms with Gasteiger partial charge in [0.1, 0.15) is 0 Å². The Morgan fingerprint density at radius 1 is 0.929 bits per heavy atom. The van der Waals surface area contributed by atoms with Crippen LogP contribution in [0.3, 0.4) is 0 Å². The summed E-state index contributed by atoms with van der Waals surface area (Å²) in [4.78, 5) is 0. The van der Waals surface area contributed by atoms with Crippen LogP contribution in [0.4, 0.5) is 0 Å². The molecule has 0 aliphatic carbocycles. The standard InChI is InChI=1S/C14H29/c1-5-9-10-14(8-4)12-11-13(6-2)7-3/h12-14H,5-11H2,1-4H3. The summed E-state index contributed by atoms with van der Waals surface area (Å²) in [6.07, 6.45) is 12.1. The molecule has 0 aliphatic rings. The van der Waals surface area contributed by atoms with Crippen LogP contribution in [0.5, 0.6) is 0 Å². The highest BCUT2D eigenvalue weighted by Crippen LogP contribution is 2.22. The summed E-state index contributed by atoms with van der Waals surface area (Å²) in [6, 6.07) is 0. The first-order chi connectivity index (χ1) is 6.78. The third-order valence-electron chi connectivity index (χ3n) is 3.41. The first kappa shape index (κ1) is 14.0. The van der Waals surface area contributed by atoms with E-state index in [4.69, 9.17) is 0 Å². The summed E-state index contributed by atoms with van der Waals surface area (Å²) in [6.45, 7) is 9.24. The van der Waals surface area contributed by atoms with Gasteiger partial charge in [0.2, 0.25) is 0 Å². The quantitative estimate of drug-likeness (QED) is 0.474. The molecule has 0 aromatic rings. The minimum absolute atomic E-state index is 0.885. The lowest BCUT2D eigenvalue weighted by Crippen LogP contribution is -2.05. The smallest absolute Gasteiger partial charge is 0.0352 e. The summed E-state index contributed by atoms with van der Waals surface area (Å²) in [7, 11) is 0. The van der Waals surface area contributed by atoms with Crippen LogP contribution in [-0.2, 0) is 0 Å². The topological polar surface area (TPSA) is 0 Å². The molecule has 0 fully saturated rings. The van der Waals surface area contributed by atoms with Crippen molar-refractivity contribution in [2.75, 3.05) is 0 Å². The lowest BCUT2D eigenvalue weighted by Gasteiger charge is -2.17. The minimum atomic E-state index is 0.885. The fourth-order valence-electron chi connectivity index (χ4n) is 1.96. The molecule has 0 aromatic carbocycles. The van der Waals surface area contributed by atoms with Gasteiger partial charge in [-0.25, -0.2) is 0 Å². The van der Waals surface area contributed by atoms with Crippen molar-refractivity contribution in [2.24, 2.45) is 11.8 Å². The van der Waals surface area contributed by atoms with E-state index in [9.17, 15) is 0 Å². The second-order valence-electron chi connectivity index (χ2n) is 4.46. The summed E-state index contributed by atoms with van der Waals surface area (Å²) >= 11 is 0. The third-order valence-corrected chi connectivity index (χ3v) is 3.41. The van der Waals surface area contributed by atoms with E-state index in [1.807, 2.05) is 0 Å². The molecule has 0 aromatic heterocycles. The molecule has 0 heterocycles. The molecule has 0 amide bonds. The van der Waals surface area contributed by atoms with Crippen molar-refractivity contribution in [1.29, 1.82) is 0 Å². The summed E-state index contributed by atoms with van der Waals surface area (Å²) in [5, 5.41) is 0. The highest BCUT2D eigenvalue weighted by molar-refractivity contribution is 4.77. The van der Waals surface area contributed by atoms with Crippen LogP contribution >= 0.6 is 0 Å². The van der Waals surface area contributed by atoms with E-state index in [2.05, 4.69) is 34.1 Å². The number of hydrogen-bond donors (Lipinski definition) is 0. The molecule has 0 aliphatic heterocycles. The normalized spacial score (nSPS) is 13.5. The zero-order valence-electron chi connectivity index (χ0n) is 10.7. The molecule has 85 valence electrons. The van der Waals surface area contributed by atoms with Crippen molar-refractivity contribution in [1.82, 2.24) is 0 Å². The molecule has 0 saturated heterocycles. The Labute approximate surface area is 91.5 Å². The van der Waals surface area contributed by atoms with Gasteiger partial charge in [-0.2, -0.15) is 0 Å². The number of unbranched alkanes of at least 4 members (excludes halogenated alkanes) is 1. The molecule has 1 radical (unpaired) electrons. The molecular formula is C14H29. The van der Waals surface area contributed by atoms with Crippen molar-refractivity contribution >= 4 is 0 Å². The predicted molar refractivity (Wildman–Crippen MR) is 66.3 cm³/mol. The van der Waals surface area contributed by atoms with Crippen molar-refractivity contribution in [3.63, 3.8) is 0 Å². The first-order valence-electron chi connectivity index (χ1n) is 6.61. The monoisotopic (exact) mass is 197 g/mol. The fourth-order valence-corrected chi connectivity index (χ4v) is 1.96. The van der Waals surface area contributed by atoms with Crippen LogP contribution in [-0.4, -0.2) is 0 Å². The van der Waals surface area contributed by atoms with E-state index in [1.54, 1.807) is 0 Å². The molecule has 1 atom stereocenters. The van der Waals surface area contributed by atoms with Crippen molar-refractivity contribution < 1.29 is 0 Å². The Hall–Kier alpha value is 0. The number of rotatable bonds is 9. The Balaban J connectivity index is 3.59. The van der Waals surface area contributed by atoms with Gasteiger partial charge in [-0.1, -0.05) is 66.2 Å². The molecule has 1 unspecified atom stereocenters. The Kier molecular flexibility index (Phi) is 9.55. The second-order valence-corrected chi connectivity index (χ2v) is 4.46. The molecule has 0 N–H and O–H groups in total.